The molecule has 2 aromatic heterocycles. The lowest BCUT2D eigenvalue weighted by Crippen LogP contribution is -2.29. The summed E-state index contributed by atoms with van der Waals surface area (Å²) in [7, 11) is 0. The molecule has 3 N–H and O–H groups in total. The first-order valence-electron chi connectivity index (χ1n) is 12.8. The number of halogens is 1. The highest BCUT2D eigenvalue weighted by Gasteiger charge is 2.42. The normalized spacial score (nSPS) is 17.0. The van der Waals surface area contributed by atoms with Crippen LogP contribution in [-0.4, -0.2) is 25.7 Å². The number of rotatable bonds is 6. The number of aryl methyl sites for hydroxylation is 1. The number of phenols is 1. The summed E-state index contributed by atoms with van der Waals surface area (Å²) in [6.45, 7) is 7.73. The molecule has 5 rings (SSSR count). The van der Waals surface area contributed by atoms with Gasteiger partial charge in [-0.2, -0.15) is 0 Å². The van der Waals surface area contributed by atoms with E-state index in [4.69, 9.17) is 23.8 Å². The Labute approximate surface area is 238 Å². The van der Waals surface area contributed by atoms with Gasteiger partial charge in [0.2, 0.25) is 5.91 Å². The summed E-state index contributed by atoms with van der Waals surface area (Å²) in [6, 6.07) is 20.3. The van der Waals surface area contributed by atoms with Crippen molar-refractivity contribution in [2.24, 2.45) is 5.92 Å². The zero-order valence-corrected chi connectivity index (χ0v) is 23.7. The van der Waals surface area contributed by atoms with E-state index in [1.165, 1.54) is 0 Å². The van der Waals surface area contributed by atoms with Gasteiger partial charge < -0.3 is 25.2 Å². The third-order valence-electron chi connectivity index (χ3n) is 7.02. The van der Waals surface area contributed by atoms with Gasteiger partial charge >= 0.3 is 0 Å². The van der Waals surface area contributed by atoms with E-state index in [1.807, 2.05) is 81.1 Å². The predicted octanol–water partition coefficient (Wildman–Crippen LogP) is 6.62. The van der Waals surface area contributed by atoms with E-state index in [1.54, 1.807) is 18.3 Å². The van der Waals surface area contributed by atoms with Crippen molar-refractivity contribution in [2.75, 3.05) is 10.2 Å². The summed E-state index contributed by atoms with van der Waals surface area (Å²) in [4.78, 5) is 19.0. The maximum Gasteiger partial charge on any atom is 0.226 e. The molecule has 0 bridgehead atoms. The van der Waals surface area contributed by atoms with E-state index >= 15 is 0 Å². The average Bonchev–Trinajstić information content (AvgIpc) is 3.41. The monoisotopic (exact) mass is 559 g/mol. The molecule has 7 nitrogen and oxygen atoms in total. The van der Waals surface area contributed by atoms with Crippen molar-refractivity contribution in [3.05, 3.63) is 101 Å². The number of aromatic nitrogens is 2. The highest BCUT2D eigenvalue weighted by atomic mass is 35.5. The van der Waals surface area contributed by atoms with Gasteiger partial charge in [-0.15, -0.1) is 0 Å². The van der Waals surface area contributed by atoms with Crippen LogP contribution in [0.1, 0.15) is 48.6 Å². The van der Waals surface area contributed by atoms with Crippen LogP contribution in [0.3, 0.4) is 0 Å². The molecule has 2 atom stereocenters. The zero-order valence-electron chi connectivity index (χ0n) is 22.1. The number of anilines is 2. The lowest BCUT2D eigenvalue weighted by molar-refractivity contribution is -0.118. The Balaban J connectivity index is 1.63. The molecule has 9 heteroatoms. The van der Waals surface area contributed by atoms with Crippen LogP contribution in [0.15, 0.2) is 72.9 Å². The molecule has 0 aliphatic carbocycles. The molecule has 2 aromatic carbocycles. The summed E-state index contributed by atoms with van der Waals surface area (Å²) in [6.07, 6.45) is 1.77. The van der Waals surface area contributed by atoms with Crippen molar-refractivity contribution in [3.63, 3.8) is 0 Å². The molecular formula is C30H30ClN5O2S. The number of carbonyl (C=O) groups excluding carboxylic acids is 1. The Kier molecular flexibility index (Phi) is 7.34. The van der Waals surface area contributed by atoms with Crippen molar-refractivity contribution in [1.82, 2.24) is 14.9 Å². The van der Waals surface area contributed by atoms with E-state index in [0.29, 0.717) is 21.5 Å². The first-order valence-corrected chi connectivity index (χ1v) is 13.5. The van der Waals surface area contributed by atoms with Crippen LogP contribution in [0.4, 0.5) is 11.4 Å². The molecule has 1 amide bonds. The molecule has 39 heavy (non-hydrogen) atoms. The maximum absolute atomic E-state index is 12.3. The smallest absolute Gasteiger partial charge is 0.226 e. The second kappa shape index (κ2) is 10.7. The summed E-state index contributed by atoms with van der Waals surface area (Å²) in [5.74, 6) is -0.0681. The number of aromatic hydroxyl groups is 1. The number of phenolic OH excluding ortho intramolecular Hbond substituents is 1. The van der Waals surface area contributed by atoms with Gasteiger partial charge in [-0.05, 0) is 80.2 Å². The van der Waals surface area contributed by atoms with E-state index in [0.717, 1.165) is 28.3 Å². The van der Waals surface area contributed by atoms with Crippen molar-refractivity contribution in [2.45, 2.75) is 39.8 Å². The molecule has 1 saturated heterocycles. The topological polar surface area (TPSA) is 82.4 Å². The fourth-order valence-corrected chi connectivity index (χ4v) is 5.66. The maximum atomic E-state index is 12.3. The number of nitrogens with zero attached hydrogens (tertiary/aromatic N) is 3. The molecular weight excluding hydrogens is 530 g/mol. The molecule has 1 aliphatic heterocycles. The number of para-hydroxylation sites is 2. The van der Waals surface area contributed by atoms with Gasteiger partial charge in [-0.1, -0.05) is 43.6 Å². The Morgan fingerprint density at radius 2 is 1.85 bits per heavy atom. The summed E-state index contributed by atoms with van der Waals surface area (Å²) >= 11 is 12.5. The zero-order chi connectivity index (χ0) is 27.8. The average molecular weight is 560 g/mol. The molecule has 0 spiro atoms. The summed E-state index contributed by atoms with van der Waals surface area (Å²) < 4.78 is 2.05. The minimum absolute atomic E-state index is 0.104. The number of hydrogen-bond acceptors (Lipinski definition) is 4. The number of pyridine rings is 1. The molecule has 0 radical (unpaired) electrons. The van der Waals surface area contributed by atoms with E-state index in [9.17, 15) is 9.90 Å². The number of hydrogen-bond donors (Lipinski definition) is 3. The van der Waals surface area contributed by atoms with Crippen LogP contribution in [0, 0.1) is 19.8 Å². The van der Waals surface area contributed by atoms with Crippen LogP contribution in [0.2, 0.25) is 5.02 Å². The van der Waals surface area contributed by atoms with Gasteiger partial charge in [0.05, 0.1) is 34.2 Å². The first kappa shape index (κ1) is 26.7. The molecule has 4 aromatic rings. The van der Waals surface area contributed by atoms with Crippen LogP contribution in [0.5, 0.6) is 5.75 Å². The minimum atomic E-state index is -0.259. The van der Waals surface area contributed by atoms with Gasteiger partial charge in [0.15, 0.2) is 5.11 Å². The molecule has 200 valence electrons. The molecule has 0 unspecified atom stereocenters. The number of carbonyl (C=O) groups is 1. The molecule has 3 heterocycles. The van der Waals surface area contributed by atoms with Crippen LogP contribution >= 0.6 is 23.8 Å². The number of benzene rings is 2. The van der Waals surface area contributed by atoms with Gasteiger partial charge in [0.1, 0.15) is 5.75 Å². The number of amides is 1. The van der Waals surface area contributed by atoms with Crippen molar-refractivity contribution >= 4 is 46.2 Å². The Morgan fingerprint density at radius 3 is 2.51 bits per heavy atom. The second-order valence-electron chi connectivity index (χ2n) is 9.96. The largest absolute Gasteiger partial charge is 0.506 e. The van der Waals surface area contributed by atoms with Gasteiger partial charge in [0.25, 0.3) is 0 Å². The second-order valence-corrected chi connectivity index (χ2v) is 10.7. The summed E-state index contributed by atoms with van der Waals surface area (Å²) in [5, 5.41) is 17.9. The quantitative estimate of drug-likeness (QED) is 0.230. The molecule has 1 aliphatic rings. The molecule has 0 saturated carbocycles. The van der Waals surface area contributed by atoms with Gasteiger partial charge in [-0.25, -0.2) is 0 Å². The third kappa shape index (κ3) is 4.97. The lowest BCUT2D eigenvalue weighted by Gasteiger charge is -2.28. The Morgan fingerprint density at radius 1 is 1.10 bits per heavy atom. The lowest BCUT2D eigenvalue weighted by atomic mass is 9.96. The van der Waals surface area contributed by atoms with Crippen molar-refractivity contribution < 1.29 is 9.90 Å². The minimum Gasteiger partial charge on any atom is -0.506 e. The van der Waals surface area contributed by atoms with Crippen LogP contribution in [0.25, 0.3) is 5.69 Å². The fraction of sp³-hybridized carbons (Fsp3) is 0.233. The van der Waals surface area contributed by atoms with Crippen molar-refractivity contribution in [1.29, 1.82) is 0 Å². The number of nitrogens with one attached hydrogen (secondary N) is 2. The number of thiocarbonyl (C=S) groups is 1. The highest BCUT2D eigenvalue weighted by molar-refractivity contribution is 7.80. The van der Waals surface area contributed by atoms with Crippen molar-refractivity contribution in [3.8, 4) is 11.4 Å². The van der Waals surface area contributed by atoms with Crippen LogP contribution in [-0.2, 0) is 4.79 Å². The highest BCUT2D eigenvalue weighted by Crippen LogP contribution is 2.45. The third-order valence-corrected chi connectivity index (χ3v) is 7.65. The van der Waals surface area contributed by atoms with E-state index in [2.05, 4.69) is 26.3 Å². The van der Waals surface area contributed by atoms with Gasteiger partial charge in [-0.3, -0.25) is 9.78 Å². The summed E-state index contributed by atoms with van der Waals surface area (Å²) in [5.41, 5.74) is 5.89. The predicted molar refractivity (Wildman–Crippen MR) is 160 cm³/mol. The van der Waals surface area contributed by atoms with E-state index < -0.39 is 0 Å². The SMILES string of the molecule is Cc1cc([C@@H]2[C@@H](c3ccccn3)NC(=S)N2c2ccc(NC(=O)C(C)C)c(Cl)c2)c(C)n1-c1ccccc1O. The van der Waals surface area contributed by atoms with Crippen LogP contribution < -0.4 is 15.5 Å². The first-order chi connectivity index (χ1) is 18.7. The Bertz CT molecular complexity index is 1550. The fourth-order valence-electron chi connectivity index (χ4n) is 5.09. The van der Waals surface area contributed by atoms with E-state index in [-0.39, 0.29) is 29.7 Å². The van der Waals surface area contributed by atoms with Gasteiger partial charge in [0, 0.05) is 29.2 Å². The Hall–Kier alpha value is -3.88. The molecule has 1 fully saturated rings. The standard InChI is InChI=1S/C30H30ClN5O2S/c1-17(2)29(38)33-23-13-12-20(16-22(23)31)36-28(27(34-30(36)39)24-9-7-8-14-32-24)21-15-18(3)35(19(21)4)25-10-5-6-11-26(25)37/h5-17,27-28,37H,1-4H3,(H,33,38)(H,34,39)/t27-,28-/m1/s1.